The van der Waals surface area contributed by atoms with Gasteiger partial charge in [-0.3, -0.25) is 4.79 Å². The normalized spacial score (nSPS) is 15.7. The fraction of sp³-hybridized carbons (Fsp3) is 0.515. The number of aliphatic carboxylic acids is 1. The first-order chi connectivity index (χ1) is 17.5. The summed E-state index contributed by atoms with van der Waals surface area (Å²) in [7, 11) is 0. The predicted molar refractivity (Wildman–Crippen MR) is 157 cm³/mol. The van der Waals surface area contributed by atoms with Crippen molar-refractivity contribution in [3.63, 3.8) is 0 Å². The Kier molecular flexibility index (Phi) is 9.43. The summed E-state index contributed by atoms with van der Waals surface area (Å²) in [5.74, 6) is -1.42. The minimum atomic E-state index is -1.31. The number of carbonyl (C=O) groups is 2. The van der Waals surface area contributed by atoms with E-state index >= 15 is 0 Å². The largest absolute Gasteiger partial charge is 0.480 e. The van der Waals surface area contributed by atoms with Crippen LogP contribution in [0.3, 0.4) is 0 Å². The van der Waals surface area contributed by atoms with Crippen molar-refractivity contribution < 1.29 is 19.8 Å². The van der Waals surface area contributed by atoms with Crippen LogP contribution in [0.5, 0.6) is 0 Å². The maximum Gasteiger partial charge on any atom is 0.329 e. The Labute approximate surface area is 229 Å². The van der Waals surface area contributed by atoms with Crippen molar-refractivity contribution in [3.8, 4) is 0 Å². The van der Waals surface area contributed by atoms with E-state index in [4.69, 9.17) is 0 Å². The van der Waals surface area contributed by atoms with E-state index < -0.39 is 17.1 Å². The summed E-state index contributed by atoms with van der Waals surface area (Å²) in [5, 5.41) is 23.1. The van der Waals surface area contributed by atoms with Gasteiger partial charge in [0.05, 0.1) is 5.60 Å². The third kappa shape index (κ3) is 6.20. The molecule has 2 atom stereocenters. The Morgan fingerprint density at radius 1 is 0.842 bits per heavy atom. The second-order valence-corrected chi connectivity index (χ2v) is 12.1. The van der Waals surface area contributed by atoms with Crippen LogP contribution in [-0.4, -0.2) is 33.2 Å². The summed E-state index contributed by atoms with van der Waals surface area (Å²) in [5.41, 5.74) is 3.09. The van der Waals surface area contributed by atoms with Gasteiger partial charge in [-0.15, -0.1) is 0 Å². The first-order valence-corrected chi connectivity index (χ1v) is 13.7. The second kappa shape index (κ2) is 11.4. The summed E-state index contributed by atoms with van der Waals surface area (Å²) in [4.78, 5) is 24.7. The molecule has 38 heavy (non-hydrogen) atoms. The second-order valence-electron chi connectivity index (χ2n) is 12.1. The Hall–Kier alpha value is -2.92. The third-order valence-corrected chi connectivity index (χ3v) is 8.73. The van der Waals surface area contributed by atoms with Gasteiger partial charge in [0, 0.05) is 11.0 Å². The van der Waals surface area contributed by atoms with Crippen molar-refractivity contribution in [1.82, 2.24) is 5.32 Å². The smallest absolute Gasteiger partial charge is 0.329 e. The molecule has 0 bridgehead atoms. The lowest BCUT2D eigenvalue weighted by Crippen LogP contribution is -2.51. The van der Waals surface area contributed by atoms with Gasteiger partial charge >= 0.3 is 5.97 Å². The predicted octanol–water partition coefficient (Wildman–Crippen LogP) is 7.20. The molecule has 2 rings (SSSR count). The Morgan fingerprint density at radius 2 is 1.37 bits per heavy atom. The lowest BCUT2D eigenvalue weighted by molar-refractivity contribution is -0.143. The van der Waals surface area contributed by atoms with E-state index in [-0.39, 0.29) is 23.2 Å². The number of carbonyl (C=O) groups excluding carboxylic acids is 1. The third-order valence-electron chi connectivity index (χ3n) is 8.73. The molecule has 0 aliphatic rings. The van der Waals surface area contributed by atoms with Crippen LogP contribution in [-0.2, 0) is 10.2 Å². The number of rotatable bonds is 10. The topological polar surface area (TPSA) is 86.6 Å². The van der Waals surface area contributed by atoms with Crippen LogP contribution in [0.1, 0.15) is 113 Å². The van der Waals surface area contributed by atoms with Gasteiger partial charge in [0.15, 0.2) is 0 Å². The Bertz CT molecular complexity index is 1200. The molecule has 2 aromatic carbocycles. The van der Waals surface area contributed by atoms with Gasteiger partial charge in [0.25, 0.3) is 5.91 Å². The van der Waals surface area contributed by atoms with Gasteiger partial charge in [-0.25, -0.2) is 4.79 Å². The molecule has 0 aromatic heterocycles. The number of nitrogens with one attached hydrogen (secondary N) is 1. The van der Waals surface area contributed by atoms with Crippen LogP contribution in [0, 0.1) is 19.3 Å². The number of benzene rings is 2. The number of carboxylic acid groups (broad SMARTS) is 1. The highest BCUT2D eigenvalue weighted by Gasteiger charge is 2.35. The molecule has 0 fully saturated rings. The maximum atomic E-state index is 13.0. The van der Waals surface area contributed by atoms with E-state index in [2.05, 4.69) is 50.4 Å². The summed E-state index contributed by atoms with van der Waals surface area (Å²) < 4.78 is 0. The highest BCUT2D eigenvalue weighted by atomic mass is 16.4. The molecular weight excluding hydrogens is 474 g/mol. The highest BCUT2D eigenvalue weighted by Crippen LogP contribution is 2.40. The lowest BCUT2D eigenvalue weighted by Gasteiger charge is -2.35. The average Bonchev–Trinajstić information content (AvgIpc) is 2.83. The molecule has 1 amide bonds. The fourth-order valence-corrected chi connectivity index (χ4v) is 4.72. The average molecular weight is 522 g/mol. The van der Waals surface area contributed by atoms with Crippen LogP contribution in [0.4, 0.5) is 0 Å². The molecule has 0 saturated carbocycles. The zero-order valence-corrected chi connectivity index (χ0v) is 25.0. The van der Waals surface area contributed by atoms with Gasteiger partial charge in [-0.05, 0) is 86.3 Å². The number of amides is 1. The van der Waals surface area contributed by atoms with Crippen LogP contribution < -0.4 is 5.32 Å². The van der Waals surface area contributed by atoms with E-state index in [0.29, 0.717) is 5.56 Å². The maximum absolute atomic E-state index is 13.0. The summed E-state index contributed by atoms with van der Waals surface area (Å²) in [6, 6.07) is 12.4. The number of aliphatic hydroxyl groups is 1. The molecule has 0 spiro atoms. The van der Waals surface area contributed by atoms with Gasteiger partial charge in [0.2, 0.25) is 0 Å². The Balaban J connectivity index is 2.47. The SMILES string of the molecule is CCC(C)(NC(=O)c1ccc(C(CC)(CC)c2ccc(/C=C/C(C)(O)C(C)(C)C)c(C)c2)cc1C)C(=O)O. The zero-order chi connectivity index (χ0) is 29.1. The molecule has 0 heterocycles. The molecule has 5 heteroatoms. The molecule has 3 N–H and O–H groups in total. The number of carboxylic acids is 1. The van der Waals surface area contributed by atoms with Gasteiger partial charge in [0.1, 0.15) is 5.54 Å². The molecule has 0 radical (unpaired) electrons. The molecule has 208 valence electrons. The van der Waals surface area contributed by atoms with Gasteiger partial charge in [-0.1, -0.05) is 84.0 Å². The number of hydrogen-bond acceptors (Lipinski definition) is 3. The van der Waals surface area contributed by atoms with E-state index in [0.717, 1.165) is 35.1 Å². The van der Waals surface area contributed by atoms with E-state index in [1.165, 1.54) is 12.5 Å². The highest BCUT2D eigenvalue weighted by molar-refractivity contribution is 5.99. The number of hydrogen-bond donors (Lipinski definition) is 3. The molecule has 0 saturated heterocycles. The minimum absolute atomic E-state index is 0.233. The summed E-state index contributed by atoms with van der Waals surface area (Å²) in [6.45, 7) is 19.5. The van der Waals surface area contributed by atoms with Crippen LogP contribution >= 0.6 is 0 Å². The summed E-state index contributed by atoms with van der Waals surface area (Å²) >= 11 is 0. The van der Waals surface area contributed by atoms with Crippen LogP contribution in [0.25, 0.3) is 6.08 Å². The lowest BCUT2D eigenvalue weighted by atomic mass is 9.69. The van der Waals surface area contributed by atoms with Gasteiger partial charge < -0.3 is 15.5 Å². The first kappa shape index (κ1) is 31.3. The number of aryl methyl sites for hydroxylation is 2. The van der Waals surface area contributed by atoms with Crippen molar-refractivity contribution >= 4 is 18.0 Å². The molecule has 2 aromatic rings. The zero-order valence-electron chi connectivity index (χ0n) is 25.0. The molecule has 0 aliphatic heterocycles. The van der Waals surface area contributed by atoms with E-state index in [9.17, 15) is 19.8 Å². The standard InChI is InChI=1S/C33H47NO4/c1-11-31(9,29(36)37)34-28(35)27-17-16-26(21-23(27)5)33(12-2,13-3)25-15-14-24(22(4)20-25)18-19-32(10,38)30(6,7)8/h14-21,38H,11-13H2,1-10H3,(H,34,35)(H,36,37)/b19-18+. The van der Waals surface area contributed by atoms with E-state index in [1.54, 1.807) is 6.92 Å². The van der Waals surface area contributed by atoms with Crippen molar-refractivity contribution in [3.05, 3.63) is 75.9 Å². The molecule has 5 nitrogen and oxygen atoms in total. The monoisotopic (exact) mass is 521 g/mol. The van der Waals surface area contributed by atoms with Gasteiger partial charge in [-0.2, -0.15) is 0 Å². The molecule has 2 unspecified atom stereocenters. The van der Waals surface area contributed by atoms with Crippen LogP contribution in [0.15, 0.2) is 42.5 Å². The fourth-order valence-electron chi connectivity index (χ4n) is 4.72. The van der Waals surface area contributed by atoms with Crippen molar-refractivity contribution in [2.24, 2.45) is 5.41 Å². The van der Waals surface area contributed by atoms with Crippen molar-refractivity contribution in [1.29, 1.82) is 0 Å². The van der Waals surface area contributed by atoms with E-state index in [1.807, 2.05) is 58.9 Å². The quantitative estimate of drug-likeness (QED) is 0.308. The summed E-state index contributed by atoms with van der Waals surface area (Å²) in [6.07, 6.45) is 5.94. The minimum Gasteiger partial charge on any atom is -0.480 e. The molecular formula is C33H47NO4. The Morgan fingerprint density at radius 3 is 1.79 bits per heavy atom. The first-order valence-electron chi connectivity index (χ1n) is 13.7. The molecule has 0 aliphatic carbocycles. The van der Waals surface area contributed by atoms with Crippen molar-refractivity contribution in [2.45, 2.75) is 105 Å². The van der Waals surface area contributed by atoms with Crippen molar-refractivity contribution in [2.75, 3.05) is 0 Å². The van der Waals surface area contributed by atoms with Crippen LogP contribution in [0.2, 0.25) is 0 Å².